The Morgan fingerprint density at radius 1 is 1.21 bits per heavy atom. The highest BCUT2D eigenvalue weighted by Gasteiger charge is 2.44. The van der Waals surface area contributed by atoms with Crippen LogP contribution in [0.4, 0.5) is 10.5 Å². The smallest absolute Gasteiger partial charge is 0.322 e. The van der Waals surface area contributed by atoms with Crippen molar-refractivity contribution in [1.29, 1.82) is 0 Å². The van der Waals surface area contributed by atoms with E-state index in [9.17, 15) is 14.4 Å². The van der Waals surface area contributed by atoms with Gasteiger partial charge in [0.1, 0.15) is 5.54 Å². The third-order valence-corrected chi connectivity index (χ3v) is 5.25. The molecule has 8 heteroatoms. The van der Waals surface area contributed by atoms with Crippen molar-refractivity contribution in [3.8, 4) is 0 Å². The second-order valence-electron chi connectivity index (χ2n) is 7.14. The summed E-state index contributed by atoms with van der Waals surface area (Å²) in [7, 11) is 0. The molecule has 2 heterocycles. The van der Waals surface area contributed by atoms with E-state index < -0.39 is 11.6 Å². The summed E-state index contributed by atoms with van der Waals surface area (Å²) in [4.78, 5) is 40.1. The lowest BCUT2D eigenvalue weighted by molar-refractivity contribution is -0.136. The summed E-state index contributed by atoms with van der Waals surface area (Å²) in [5.41, 5.74) is 0.0184. The Kier molecular flexibility index (Phi) is 7.29. The van der Waals surface area contributed by atoms with Crippen LogP contribution in [0.3, 0.4) is 0 Å². The zero-order chi connectivity index (χ0) is 20.9. The van der Waals surface area contributed by atoms with Gasteiger partial charge in [-0.3, -0.25) is 14.9 Å². The Morgan fingerprint density at radius 2 is 1.86 bits per heavy atom. The summed E-state index contributed by atoms with van der Waals surface area (Å²) in [5, 5.41) is 5.53. The van der Waals surface area contributed by atoms with Gasteiger partial charge in [0.05, 0.1) is 0 Å². The molecule has 0 saturated carbocycles. The zero-order valence-electron chi connectivity index (χ0n) is 16.9. The maximum Gasteiger partial charge on any atom is 0.322 e. The van der Waals surface area contributed by atoms with Crippen LogP contribution in [-0.4, -0.2) is 54.5 Å². The Morgan fingerprint density at radius 3 is 2.39 bits per heavy atom. The number of rotatable bonds is 4. The molecule has 2 aliphatic heterocycles. The second kappa shape index (κ2) is 9.28. The van der Waals surface area contributed by atoms with Gasteiger partial charge in [-0.1, -0.05) is 38.4 Å². The van der Waals surface area contributed by atoms with Crippen LogP contribution < -0.4 is 15.5 Å². The summed E-state index contributed by atoms with van der Waals surface area (Å²) >= 11 is 6.05. The van der Waals surface area contributed by atoms with Gasteiger partial charge in [-0.15, -0.1) is 0 Å². The van der Waals surface area contributed by atoms with E-state index in [1.54, 1.807) is 13.8 Å². The number of halogens is 1. The number of benzene rings is 1. The number of amides is 4. The minimum absolute atomic E-state index is 0.00548. The van der Waals surface area contributed by atoms with Crippen molar-refractivity contribution in [2.45, 2.75) is 39.7 Å². The molecular weight excluding hydrogens is 380 g/mol. The normalized spacial score (nSPS) is 22.8. The van der Waals surface area contributed by atoms with E-state index in [1.165, 1.54) is 0 Å². The van der Waals surface area contributed by atoms with Crippen molar-refractivity contribution >= 4 is 35.1 Å². The molecule has 2 aliphatic rings. The van der Waals surface area contributed by atoms with Crippen molar-refractivity contribution in [2.24, 2.45) is 5.92 Å². The van der Waals surface area contributed by atoms with Crippen LogP contribution in [0.2, 0.25) is 5.02 Å². The number of imide groups is 1. The molecule has 2 fully saturated rings. The average Bonchev–Trinajstić information content (AvgIpc) is 2.94. The first-order chi connectivity index (χ1) is 13.3. The quantitative estimate of drug-likeness (QED) is 0.750. The van der Waals surface area contributed by atoms with Gasteiger partial charge in [0.2, 0.25) is 5.91 Å². The standard InChI is InChI=1S/C18H23ClN4O3.C2H6/c1-12(11-18(2)16(25)20-17(26)21-18)15(24)23-8-6-22(7-9-23)14-5-3-4-13(19)10-14;1-2/h3-5,10,12H,6-9,11H2,1-2H3,(H2,20,21,25,26);1-2H3. The Bertz CT molecular complexity index is 734. The summed E-state index contributed by atoms with van der Waals surface area (Å²) in [6.07, 6.45) is 0.276. The van der Waals surface area contributed by atoms with E-state index in [2.05, 4.69) is 15.5 Å². The molecule has 1 aromatic carbocycles. The minimum Gasteiger partial charge on any atom is -0.368 e. The monoisotopic (exact) mass is 408 g/mol. The molecule has 2 atom stereocenters. The number of hydrogen-bond donors (Lipinski definition) is 2. The van der Waals surface area contributed by atoms with E-state index in [0.717, 1.165) is 18.8 Å². The van der Waals surface area contributed by atoms with Crippen LogP contribution in [0.1, 0.15) is 34.1 Å². The highest BCUT2D eigenvalue weighted by atomic mass is 35.5. The molecule has 28 heavy (non-hydrogen) atoms. The maximum atomic E-state index is 12.8. The lowest BCUT2D eigenvalue weighted by atomic mass is 9.89. The Hall–Kier alpha value is -2.28. The van der Waals surface area contributed by atoms with Crippen LogP contribution in [0.15, 0.2) is 24.3 Å². The Balaban J connectivity index is 0.00000136. The van der Waals surface area contributed by atoms with Gasteiger partial charge in [-0.25, -0.2) is 4.79 Å². The van der Waals surface area contributed by atoms with E-state index in [0.29, 0.717) is 18.1 Å². The molecule has 0 bridgehead atoms. The number of carbonyl (C=O) groups excluding carboxylic acids is 3. The maximum absolute atomic E-state index is 12.8. The molecule has 3 rings (SSSR count). The molecule has 2 saturated heterocycles. The van der Waals surface area contributed by atoms with Gasteiger partial charge in [-0.2, -0.15) is 0 Å². The molecule has 4 amide bonds. The molecule has 0 radical (unpaired) electrons. The molecule has 0 spiro atoms. The number of urea groups is 1. The molecule has 2 N–H and O–H groups in total. The van der Waals surface area contributed by atoms with Crippen LogP contribution in [-0.2, 0) is 9.59 Å². The first-order valence-electron chi connectivity index (χ1n) is 9.71. The zero-order valence-corrected chi connectivity index (χ0v) is 17.7. The number of hydrogen-bond acceptors (Lipinski definition) is 4. The van der Waals surface area contributed by atoms with Crippen molar-refractivity contribution in [1.82, 2.24) is 15.5 Å². The molecule has 1 aromatic rings. The fourth-order valence-electron chi connectivity index (χ4n) is 3.59. The predicted octanol–water partition coefficient (Wildman–Crippen LogP) is 2.64. The van der Waals surface area contributed by atoms with Gasteiger partial charge < -0.3 is 15.1 Å². The lowest BCUT2D eigenvalue weighted by Gasteiger charge is -2.38. The van der Waals surface area contributed by atoms with Gasteiger partial charge in [0.15, 0.2) is 0 Å². The van der Waals surface area contributed by atoms with Crippen molar-refractivity contribution in [3.63, 3.8) is 0 Å². The summed E-state index contributed by atoms with van der Waals surface area (Å²) in [5.74, 6) is -0.735. The molecule has 154 valence electrons. The highest BCUT2D eigenvalue weighted by molar-refractivity contribution is 6.30. The van der Waals surface area contributed by atoms with E-state index in [1.807, 2.05) is 43.0 Å². The minimum atomic E-state index is -1.03. The third-order valence-electron chi connectivity index (χ3n) is 5.02. The second-order valence-corrected chi connectivity index (χ2v) is 7.57. The van der Waals surface area contributed by atoms with Gasteiger partial charge in [0, 0.05) is 42.8 Å². The van der Waals surface area contributed by atoms with Gasteiger partial charge in [0.25, 0.3) is 5.91 Å². The molecule has 2 unspecified atom stereocenters. The largest absolute Gasteiger partial charge is 0.368 e. The summed E-state index contributed by atoms with van der Waals surface area (Å²) in [6.45, 7) is 10.1. The topological polar surface area (TPSA) is 81.8 Å². The third kappa shape index (κ3) is 4.95. The van der Waals surface area contributed by atoms with Crippen LogP contribution >= 0.6 is 11.6 Å². The van der Waals surface area contributed by atoms with Crippen molar-refractivity contribution in [2.75, 3.05) is 31.1 Å². The van der Waals surface area contributed by atoms with Crippen LogP contribution in [0.25, 0.3) is 0 Å². The first kappa shape index (κ1) is 22.0. The van der Waals surface area contributed by atoms with Gasteiger partial charge >= 0.3 is 6.03 Å². The molecule has 0 aromatic heterocycles. The van der Waals surface area contributed by atoms with E-state index in [4.69, 9.17) is 11.6 Å². The van der Waals surface area contributed by atoms with Crippen molar-refractivity contribution in [3.05, 3.63) is 29.3 Å². The number of nitrogens with zero attached hydrogens (tertiary/aromatic N) is 2. The lowest BCUT2D eigenvalue weighted by Crippen LogP contribution is -2.52. The van der Waals surface area contributed by atoms with Crippen LogP contribution in [0, 0.1) is 5.92 Å². The number of carbonyl (C=O) groups is 3. The highest BCUT2D eigenvalue weighted by Crippen LogP contribution is 2.24. The van der Waals surface area contributed by atoms with Gasteiger partial charge in [-0.05, 0) is 31.5 Å². The summed E-state index contributed by atoms with van der Waals surface area (Å²) in [6, 6.07) is 7.18. The van der Waals surface area contributed by atoms with E-state index in [-0.39, 0.29) is 24.2 Å². The summed E-state index contributed by atoms with van der Waals surface area (Å²) < 4.78 is 0. The Labute approximate surface area is 171 Å². The molecular formula is C20H29ClN4O3. The number of piperazine rings is 1. The number of anilines is 1. The van der Waals surface area contributed by atoms with Crippen LogP contribution in [0.5, 0.6) is 0 Å². The average molecular weight is 409 g/mol. The fraction of sp³-hybridized carbons (Fsp3) is 0.550. The predicted molar refractivity (Wildman–Crippen MR) is 110 cm³/mol. The fourth-order valence-corrected chi connectivity index (χ4v) is 3.78. The SMILES string of the molecule is CC.CC(CC1(C)NC(=O)NC1=O)C(=O)N1CCN(c2cccc(Cl)c2)CC1. The van der Waals surface area contributed by atoms with E-state index >= 15 is 0 Å². The van der Waals surface area contributed by atoms with Crippen molar-refractivity contribution < 1.29 is 14.4 Å². The molecule has 7 nitrogen and oxygen atoms in total. The first-order valence-corrected chi connectivity index (χ1v) is 10.1. The number of nitrogens with one attached hydrogen (secondary N) is 2. The molecule has 0 aliphatic carbocycles.